The van der Waals surface area contributed by atoms with Gasteiger partial charge in [-0.25, -0.2) is 13.4 Å². The molecule has 34 heavy (non-hydrogen) atoms. The van der Waals surface area contributed by atoms with Crippen molar-refractivity contribution in [3.8, 4) is 11.9 Å². The number of nitrogens with zero attached hydrogens (tertiary/aromatic N) is 5. The number of hydrogen-bond acceptors (Lipinski definition) is 7. The highest BCUT2D eigenvalue weighted by Crippen LogP contribution is 2.30. The van der Waals surface area contributed by atoms with Gasteiger partial charge >= 0.3 is 0 Å². The van der Waals surface area contributed by atoms with E-state index in [-0.39, 0.29) is 16.4 Å². The first kappa shape index (κ1) is 23.2. The molecule has 0 aliphatic rings. The summed E-state index contributed by atoms with van der Waals surface area (Å²) in [5.74, 6) is 0.161. The summed E-state index contributed by atoms with van der Waals surface area (Å²) in [5.41, 5.74) is 3.02. The molecule has 2 aromatic heterocycles. The number of rotatable bonds is 5. The van der Waals surface area contributed by atoms with Crippen molar-refractivity contribution < 1.29 is 13.3 Å². The number of sulfonamides is 1. The van der Waals surface area contributed by atoms with E-state index in [2.05, 4.69) is 14.8 Å². The molecule has 1 N–H and O–H groups in total. The lowest BCUT2D eigenvalue weighted by atomic mass is 10.0. The Morgan fingerprint density at radius 2 is 1.88 bits per heavy atom. The van der Waals surface area contributed by atoms with E-state index in [4.69, 9.17) is 11.6 Å². The third-order valence-corrected chi connectivity index (χ3v) is 6.86. The Morgan fingerprint density at radius 3 is 2.56 bits per heavy atom. The Labute approximate surface area is 199 Å². The first-order chi connectivity index (χ1) is 16.0. The number of nitrogens with one attached hydrogen (secondary N) is 1. The van der Waals surface area contributed by atoms with Crippen LogP contribution in [0.15, 0.2) is 47.5 Å². The van der Waals surface area contributed by atoms with Crippen molar-refractivity contribution >= 4 is 44.0 Å². The number of anilines is 1. The molecule has 2 heterocycles. The number of aryl methyl sites for hydroxylation is 3. The maximum absolute atomic E-state index is 13.1. The molecule has 0 saturated carbocycles. The van der Waals surface area contributed by atoms with Crippen LogP contribution in [-0.4, -0.2) is 28.1 Å². The van der Waals surface area contributed by atoms with Crippen LogP contribution in [0.25, 0.3) is 16.7 Å². The number of nitro benzene ring substituents is 1. The number of nitro groups is 1. The van der Waals surface area contributed by atoms with Crippen LogP contribution < -0.4 is 4.72 Å². The van der Waals surface area contributed by atoms with Crippen LogP contribution in [0, 0.1) is 42.2 Å². The lowest BCUT2D eigenvalue weighted by molar-refractivity contribution is -0.384. The zero-order valence-corrected chi connectivity index (χ0v) is 19.8. The highest BCUT2D eigenvalue weighted by Gasteiger charge is 2.25. The molecule has 4 rings (SSSR count). The van der Waals surface area contributed by atoms with Crippen molar-refractivity contribution in [1.82, 2.24) is 14.8 Å². The van der Waals surface area contributed by atoms with E-state index in [1.54, 1.807) is 6.07 Å². The molecular formula is C22H17ClN6O4S. The van der Waals surface area contributed by atoms with E-state index >= 15 is 0 Å². The molecule has 0 radical (unpaired) electrons. The zero-order chi connectivity index (χ0) is 24.8. The molecule has 0 atom stereocenters. The number of aromatic nitrogens is 3. The van der Waals surface area contributed by atoms with E-state index in [9.17, 15) is 23.8 Å². The quantitative estimate of drug-likeness (QED) is 0.314. The van der Waals surface area contributed by atoms with Gasteiger partial charge < -0.3 is 0 Å². The lowest BCUT2D eigenvalue weighted by Crippen LogP contribution is -2.17. The number of nitriles is 1. The molecular weight excluding hydrogens is 480 g/mol. The normalized spacial score (nSPS) is 11.4. The van der Waals surface area contributed by atoms with E-state index < -0.39 is 25.5 Å². The summed E-state index contributed by atoms with van der Waals surface area (Å²) in [6, 6.07) is 10.7. The van der Waals surface area contributed by atoms with Gasteiger partial charge in [-0.1, -0.05) is 23.2 Å². The van der Waals surface area contributed by atoms with E-state index in [1.165, 1.54) is 10.9 Å². The third-order valence-electron chi connectivity index (χ3n) is 5.20. The fourth-order valence-corrected chi connectivity index (χ4v) is 4.89. The molecule has 0 saturated heterocycles. The van der Waals surface area contributed by atoms with Crippen LogP contribution in [0.1, 0.15) is 22.3 Å². The van der Waals surface area contributed by atoms with Gasteiger partial charge in [-0.3, -0.25) is 14.8 Å². The zero-order valence-electron chi connectivity index (χ0n) is 18.2. The SMILES string of the molecule is Cc1cc(C)c2nc(-n3ncc(C#N)c3NS(=O)(=O)c3ccc(Cl)c([N+](=O)[O-])c3)cc(C)c2c1. The molecule has 0 fully saturated rings. The molecule has 0 aliphatic carbocycles. The fourth-order valence-electron chi connectivity index (χ4n) is 3.62. The Bertz CT molecular complexity index is 1640. The number of benzene rings is 2. The molecule has 2 aromatic carbocycles. The minimum Gasteiger partial charge on any atom is -0.262 e. The second-order valence-electron chi connectivity index (χ2n) is 7.68. The largest absolute Gasteiger partial charge is 0.289 e. The van der Waals surface area contributed by atoms with Crippen LogP contribution in [0.5, 0.6) is 0 Å². The van der Waals surface area contributed by atoms with Crippen LogP contribution in [0.3, 0.4) is 0 Å². The van der Waals surface area contributed by atoms with Crippen LogP contribution >= 0.6 is 11.6 Å². The van der Waals surface area contributed by atoms with Crippen LogP contribution in [-0.2, 0) is 10.0 Å². The van der Waals surface area contributed by atoms with E-state index in [0.717, 1.165) is 45.8 Å². The topological polar surface area (TPSA) is 144 Å². The summed E-state index contributed by atoms with van der Waals surface area (Å²) in [4.78, 5) is 14.7. The van der Waals surface area contributed by atoms with Gasteiger partial charge in [0.2, 0.25) is 0 Å². The van der Waals surface area contributed by atoms with E-state index in [0.29, 0.717) is 5.82 Å². The summed E-state index contributed by atoms with van der Waals surface area (Å²) < 4.78 is 29.7. The van der Waals surface area contributed by atoms with Gasteiger partial charge in [0.25, 0.3) is 15.7 Å². The Morgan fingerprint density at radius 1 is 1.15 bits per heavy atom. The maximum Gasteiger partial charge on any atom is 0.289 e. The van der Waals surface area contributed by atoms with Crippen molar-refractivity contribution in [2.24, 2.45) is 0 Å². The van der Waals surface area contributed by atoms with Gasteiger partial charge in [0.1, 0.15) is 16.7 Å². The maximum atomic E-state index is 13.1. The highest BCUT2D eigenvalue weighted by molar-refractivity contribution is 7.92. The standard InChI is InChI=1S/C22H17ClN6O4S/c1-12-6-14(3)21-17(7-12)13(2)8-20(26-21)28-22(15(10-24)11-25-28)27-34(32,33)16-4-5-18(23)19(9-16)29(30)31/h4-9,11,27H,1-3H3. The molecule has 0 unspecified atom stereocenters. The molecule has 12 heteroatoms. The van der Waals surface area contributed by atoms with E-state index in [1.807, 2.05) is 39.0 Å². The predicted molar refractivity (Wildman–Crippen MR) is 127 cm³/mol. The van der Waals surface area contributed by atoms with Gasteiger partial charge in [0.05, 0.1) is 21.5 Å². The van der Waals surface area contributed by atoms with Crippen LogP contribution in [0.2, 0.25) is 5.02 Å². The monoisotopic (exact) mass is 496 g/mol. The minimum atomic E-state index is -4.34. The van der Waals surface area contributed by atoms with Gasteiger partial charge in [-0.2, -0.15) is 15.0 Å². The molecule has 10 nitrogen and oxygen atoms in total. The predicted octanol–water partition coefficient (Wildman–Crippen LogP) is 4.58. The number of fused-ring (bicyclic) bond motifs is 1. The van der Waals surface area contributed by atoms with Gasteiger partial charge in [-0.05, 0) is 56.2 Å². The average Bonchev–Trinajstić information content (AvgIpc) is 3.16. The van der Waals surface area contributed by atoms with Crippen molar-refractivity contribution in [3.05, 3.63) is 80.0 Å². The molecule has 0 bridgehead atoms. The van der Waals surface area contributed by atoms with Gasteiger partial charge in [-0.15, -0.1) is 0 Å². The number of halogens is 1. The molecule has 172 valence electrons. The Hall–Kier alpha value is -4.01. The molecule has 4 aromatic rings. The summed E-state index contributed by atoms with van der Waals surface area (Å²) in [5, 5.41) is 25.6. The summed E-state index contributed by atoms with van der Waals surface area (Å²) in [7, 11) is -4.34. The fraction of sp³-hybridized carbons (Fsp3) is 0.136. The Kier molecular flexibility index (Phi) is 5.72. The molecule has 0 amide bonds. The molecule has 0 aliphatic heterocycles. The number of hydrogen-bond donors (Lipinski definition) is 1. The highest BCUT2D eigenvalue weighted by atomic mass is 35.5. The first-order valence-electron chi connectivity index (χ1n) is 9.85. The summed E-state index contributed by atoms with van der Waals surface area (Å²) >= 11 is 5.80. The third kappa shape index (κ3) is 4.05. The first-order valence-corrected chi connectivity index (χ1v) is 11.7. The van der Waals surface area contributed by atoms with Crippen molar-refractivity contribution in [2.75, 3.05) is 4.72 Å². The number of pyridine rings is 1. The van der Waals surface area contributed by atoms with Crippen molar-refractivity contribution in [3.63, 3.8) is 0 Å². The average molecular weight is 497 g/mol. The smallest absolute Gasteiger partial charge is 0.262 e. The summed E-state index contributed by atoms with van der Waals surface area (Å²) in [6.07, 6.45) is 1.21. The lowest BCUT2D eigenvalue weighted by Gasteiger charge is -2.13. The molecule has 0 spiro atoms. The van der Waals surface area contributed by atoms with Gasteiger partial charge in [0, 0.05) is 11.5 Å². The second kappa shape index (κ2) is 8.40. The van der Waals surface area contributed by atoms with Gasteiger partial charge in [0.15, 0.2) is 11.6 Å². The minimum absolute atomic E-state index is 0.0489. The Balaban J connectivity index is 1.85. The second-order valence-corrected chi connectivity index (χ2v) is 9.77. The summed E-state index contributed by atoms with van der Waals surface area (Å²) in [6.45, 7) is 5.81. The van der Waals surface area contributed by atoms with Crippen molar-refractivity contribution in [1.29, 1.82) is 5.26 Å². The van der Waals surface area contributed by atoms with Crippen molar-refractivity contribution in [2.45, 2.75) is 25.7 Å². The van der Waals surface area contributed by atoms with Crippen LogP contribution in [0.4, 0.5) is 11.5 Å².